The van der Waals surface area contributed by atoms with E-state index in [9.17, 15) is 10.1 Å². The van der Waals surface area contributed by atoms with E-state index in [0.29, 0.717) is 12.5 Å². The smallest absolute Gasteiger partial charge is 0.269 e. The third-order valence-corrected chi connectivity index (χ3v) is 3.12. The van der Waals surface area contributed by atoms with E-state index in [1.165, 1.54) is 12.1 Å². The second kappa shape index (κ2) is 12.1. The Morgan fingerprint density at radius 3 is 2.35 bits per heavy atom. The molecule has 0 saturated carbocycles. The fourth-order valence-electron chi connectivity index (χ4n) is 1.79. The Labute approximate surface area is 155 Å². The number of benzene rings is 1. The standard InChI is InChI=1S/C16H26N4O2.HI/c1-4-10-17-16(18-11-9-13(2)3)19-12-14-5-7-15(8-6-14)20(21)22;/h5-8,13H,4,9-12H2,1-3H3,(H2,17,18,19);1H. The molecule has 7 heteroatoms. The molecule has 0 atom stereocenters. The molecule has 0 fully saturated rings. The van der Waals surface area contributed by atoms with Gasteiger partial charge in [-0.2, -0.15) is 0 Å². The van der Waals surface area contributed by atoms with Gasteiger partial charge in [-0.15, -0.1) is 24.0 Å². The number of nitrogens with zero attached hydrogens (tertiary/aromatic N) is 2. The van der Waals surface area contributed by atoms with Gasteiger partial charge in [-0.3, -0.25) is 10.1 Å². The van der Waals surface area contributed by atoms with Crippen LogP contribution in [-0.2, 0) is 6.54 Å². The van der Waals surface area contributed by atoms with Crippen LogP contribution in [0.2, 0.25) is 0 Å². The predicted molar refractivity (Wildman–Crippen MR) is 105 cm³/mol. The summed E-state index contributed by atoms with van der Waals surface area (Å²) in [5.41, 5.74) is 1.05. The third kappa shape index (κ3) is 9.37. The van der Waals surface area contributed by atoms with Gasteiger partial charge in [-0.05, 0) is 24.3 Å². The Kier molecular flexibility index (Phi) is 11.4. The minimum Gasteiger partial charge on any atom is -0.356 e. The first kappa shape index (κ1) is 21.6. The van der Waals surface area contributed by atoms with Crippen molar-refractivity contribution in [3.63, 3.8) is 0 Å². The van der Waals surface area contributed by atoms with Gasteiger partial charge in [0.15, 0.2) is 5.96 Å². The van der Waals surface area contributed by atoms with E-state index in [4.69, 9.17) is 0 Å². The summed E-state index contributed by atoms with van der Waals surface area (Å²) in [7, 11) is 0. The fourth-order valence-corrected chi connectivity index (χ4v) is 1.79. The van der Waals surface area contributed by atoms with Gasteiger partial charge in [-0.25, -0.2) is 4.99 Å². The number of nitrogens with one attached hydrogen (secondary N) is 2. The molecule has 0 aliphatic rings. The molecule has 1 rings (SSSR count). The van der Waals surface area contributed by atoms with Crippen LogP contribution in [0.5, 0.6) is 0 Å². The Bertz CT molecular complexity index is 489. The van der Waals surface area contributed by atoms with Crippen LogP contribution in [-0.4, -0.2) is 24.0 Å². The number of hydrogen-bond donors (Lipinski definition) is 2. The summed E-state index contributed by atoms with van der Waals surface area (Å²) in [5.74, 6) is 1.44. The Hall–Kier alpha value is -1.38. The molecule has 0 aliphatic carbocycles. The Morgan fingerprint density at radius 1 is 1.22 bits per heavy atom. The summed E-state index contributed by atoms with van der Waals surface area (Å²) in [6.07, 6.45) is 2.12. The molecule has 0 radical (unpaired) electrons. The van der Waals surface area contributed by atoms with E-state index >= 15 is 0 Å². The van der Waals surface area contributed by atoms with Gasteiger partial charge in [0.25, 0.3) is 5.69 Å². The molecule has 6 nitrogen and oxygen atoms in total. The lowest BCUT2D eigenvalue weighted by Gasteiger charge is -2.13. The summed E-state index contributed by atoms with van der Waals surface area (Å²) in [6.45, 7) is 8.73. The summed E-state index contributed by atoms with van der Waals surface area (Å²) in [5, 5.41) is 17.2. The molecular formula is C16H27IN4O2. The van der Waals surface area contributed by atoms with E-state index < -0.39 is 4.92 Å². The normalized spacial score (nSPS) is 11.0. The van der Waals surface area contributed by atoms with E-state index in [1.807, 2.05) is 0 Å². The van der Waals surface area contributed by atoms with Gasteiger partial charge in [0.05, 0.1) is 11.5 Å². The van der Waals surface area contributed by atoms with Crippen molar-refractivity contribution in [1.29, 1.82) is 0 Å². The molecule has 2 N–H and O–H groups in total. The first-order chi connectivity index (χ1) is 10.5. The highest BCUT2D eigenvalue weighted by molar-refractivity contribution is 14.0. The number of halogens is 1. The minimum absolute atomic E-state index is 0. The molecule has 0 spiro atoms. The van der Waals surface area contributed by atoms with Gasteiger partial charge >= 0.3 is 0 Å². The molecule has 0 heterocycles. The number of hydrogen-bond acceptors (Lipinski definition) is 3. The van der Waals surface area contributed by atoms with Crippen LogP contribution < -0.4 is 10.6 Å². The summed E-state index contributed by atoms with van der Waals surface area (Å²) >= 11 is 0. The van der Waals surface area contributed by atoms with E-state index in [2.05, 4.69) is 36.4 Å². The zero-order valence-corrected chi connectivity index (χ0v) is 16.4. The first-order valence-electron chi connectivity index (χ1n) is 7.78. The van der Waals surface area contributed by atoms with Gasteiger partial charge in [0.2, 0.25) is 0 Å². The molecule has 0 saturated heterocycles. The molecule has 130 valence electrons. The van der Waals surface area contributed by atoms with Crippen molar-refractivity contribution in [3.05, 3.63) is 39.9 Å². The third-order valence-electron chi connectivity index (χ3n) is 3.12. The molecule has 1 aromatic carbocycles. The van der Waals surface area contributed by atoms with Crippen LogP contribution in [0.1, 0.15) is 39.2 Å². The van der Waals surface area contributed by atoms with Crippen LogP contribution in [0.15, 0.2) is 29.3 Å². The van der Waals surface area contributed by atoms with Gasteiger partial charge < -0.3 is 10.6 Å². The molecule has 0 amide bonds. The quantitative estimate of drug-likeness (QED) is 0.215. The average molecular weight is 434 g/mol. The van der Waals surface area contributed by atoms with Crippen molar-refractivity contribution >= 4 is 35.6 Å². The van der Waals surface area contributed by atoms with Gasteiger partial charge in [-0.1, -0.05) is 32.9 Å². The topological polar surface area (TPSA) is 79.6 Å². The van der Waals surface area contributed by atoms with Crippen LogP contribution >= 0.6 is 24.0 Å². The highest BCUT2D eigenvalue weighted by atomic mass is 127. The lowest BCUT2D eigenvalue weighted by molar-refractivity contribution is -0.384. The molecule has 0 unspecified atom stereocenters. The number of rotatable bonds is 8. The van der Waals surface area contributed by atoms with E-state index in [1.54, 1.807) is 12.1 Å². The predicted octanol–water partition coefficient (Wildman–Crippen LogP) is 3.70. The second-order valence-corrected chi connectivity index (χ2v) is 5.62. The Balaban J connectivity index is 0.00000484. The van der Waals surface area contributed by atoms with Crippen LogP contribution in [0, 0.1) is 16.0 Å². The van der Waals surface area contributed by atoms with E-state index in [-0.39, 0.29) is 29.7 Å². The maximum Gasteiger partial charge on any atom is 0.269 e. The average Bonchev–Trinajstić information content (AvgIpc) is 2.49. The SMILES string of the molecule is CCCNC(=NCc1ccc([N+](=O)[O-])cc1)NCCC(C)C.I. The minimum atomic E-state index is -0.394. The second-order valence-electron chi connectivity index (χ2n) is 5.62. The molecular weight excluding hydrogens is 407 g/mol. The van der Waals surface area contributed by atoms with E-state index in [0.717, 1.165) is 37.5 Å². The number of aliphatic imine (C=N–C) groups is 1. The largest absolute Gasteiger partial charge is 0.356 e. The first-order valence-corrected chi connectivity index (χ1v) is 7.78. The molecule has 0 aromatic heterocycles. The summed E-state index contributed by atoms with van der Waals surface area (Å²) in [4.78, 5) is 14.8. The summed E-state index contributed by atoms with van der Waals surface area (Å²) < 4.78 is 0. The monoisotopic (exact) mass is 434 g/mol. The number of non-ortho nitro benzene ring substituents is 1. The lowest BCUT2D eigenvalue weighted by Crippen LogP contribution is -2.38. The van der Waals surface area contributed by atoms with Crippen molar-refractivity contribution in [2.75, 3.05) is 13.1 Å². The van der Waals surface area contributed by atoms with Crippen molar-refractivity contribution < 1.29 is 4.92 Å². The number of nitro groups is 1. The summed E-state index contributed by atoms with van der Waals surface area (Å²) in [6, 6.07) is 6.51. The molecule has 1 aromatic rings. The number of guanidine groups is 1. The maximum atomic E-state index is 10.6. The van der Waals surface area contributed by atoms with Crippen molar-refractivity contribution in [2.45, 2.75) is 40.2 Å². The highest BCUT2D eigenvalue weighted by Crippen LogP contribution is 2.12. The molecule has 0 aliphatic heterocycles. The van der Waals surface area contributed by atoms with Crippen molar-refractivity contribution in [2.24, 2.45) is 10.9 Å². The van der Waals surface area contributed by atoms with Crippen LogP contribution in [0.25, 0.3) is 0 Å². The zero-order valence-electron chi connectivity index (χ0n) is 14.0. The lowest BCUT2D eigenvalue weighted by atomic mass is 10.1. The number of nitro benzene ring substituents is 1. The maximum absolute atomic E-state index is 10.6. The zero-order chi connectivity index (χ0) is 16.4. The van der Waals surface area contributed by atoms with Crippen molar-refractivity contribution in [3.8, 4) is 0 Å². The fraction of sp³-hybridized carbons (Fsp3) is 0.562. The van der Waals surface area contributed by atoms with Gasteiger partial charge in [0, 0.05) is 25.2 Å². The van der Waals surface area contributed by atoms with Crippen LogP contribution in [0.4, 0.5) is 5.69 Å². The van der Waals surface area contributed by atoms with Crippen molar-refractivity contribution in [1.82, 2.24) is 10.6 Å². The molecule has 23 heavy (non-hydrogen) atoms. The highest BCUT2D eigenvalue weighted by Gasteiger charge is 2.04. The van der Waals surface area contributed by atoms with Crippen LogP contribution in [0.3, 0.4) is 0 Å². The molecule has 0 bridgehead atoms. The van der Waals surface area contributed by atoms with Gasteiger partial charge in [0.1, 0.15) is 0 Å². The Morgan fingerprint density at radius 2 is 1.83 bits per heavy atom.